The second-order valence-corrected chi connectivity index (χ2v) is 3.29. The van der Waals surface area contributed by atoms with Gasteiger partial charge in [-0.25, -0.2) is 5.84 Å². The van der Waals surface area contributed by atoms with Gasteiger partial charge in [0.15, 0.2) is 0 Å². The highest BCUT2D eigenvalue weighted by atomic mass is 16.5. The minimum absolute atomic E-state index is 0.0822. The zero-order chi connectivity index (χ0) is 10.7. The van der Waals surface area contributed by atoms with Crippen molar-refractivity contribution in [3.8, 4) is 0 Å². The molecule has 0 aromatic carbocycles. The van der Waals surface area contributed by atoms with Gasteiger partial charge in [-0.3, -0.25) is 15.0 Å². The van der Waals surface area contributed by atoms with Crippen LogP contribution in [0, 0.1) is 0 Å². The number of methoxy groups -OCH3 is 1. The molecule has 1 aliphatic heterocycles. The maximum Gasteiger partial charge on any atom is 0.256 e. The standard InChI is InChI=1S/C8H15N3O3/c1-5(12)11-4-6(14-2)3-7(11)8(13)10-9/h6-7H,3-4,9H2,1-2H3,(H,10,13)/t6-,7-/m0/s1. The van der Waals surface area contributed by atoms with E-state index in [1.807, 2.05) is 5.43 Å². The van der Waals surface area contributed by atoms with Crippen molar-refractivity contribution in [1.29, 1.82) is 0 Å². The van der Waals surface area contributed by atoms with Crippen molar-refractivity contribution in [2.75, 3.05) is 13.7 Å². The number of nitrogens with zero attached hydrogens (tertiary/aromatic N) is 1. The SMILES string of the molecule is CO[C@H]1C[C@@H](C(=O)NN)N(C(C)=O)C1. The quantitative estimate of drug-likeness (QED) is 0.327. The molecule has 1 saturated heterocycles. The Morgan fingerprint density at radius 3 is 2.64 bits per heavy atom. The smallest absolute Gasteiger partial charge is 0.256 e. The van der Waals surface area contributed by atoms with Crippen LogP contribution >= 0.6 is 0 Å². The molecule has 6 nitrogen and oxygen atoms in total. The molecule has 1 heterocycles. The van der Waals surface area contributed by atoms with Gasteiger partial charge in [0, 0.05) is 27.0 Å². The summed E-state index contributed by atoms with van der Waals surface area (Å²) in [5, 5.41) is 0. The van der Waals surface area contributed by atoms with E-state index in [9.17, 15) is 9.59 Å². The first-order chi connectivity index (χ1) is 6.60. The molecule has 0 bridgehead atoms. The molecular formula is C8H15N3O3. The van der Waals surface area contributed by atoms with Crippen LogP contribution in [-0.2, 0) is 14.3 Å². The fraction of sp³-hybridized carbons (Fsp3) is 0.750. The first-order valence-electron chi connectivity index (χ1n) is 4.40. The van der Waals surface area contributed by atoms with Crippen molar-refractivity contribution in [2.45, 2.75) is 25.5 Å². The second kappa shape index (κ2) is 4.39. The number of nitrogens with one attached hydrogen (secondary N) is 1. The van der Waals surface area contributed by atoms with Crippen LogP contribution in [0.25, 0.3) is 0 Å². The lowest BCUT2D eigenvalue weighted by atomic mass is 10.2. The van der Waals surface area contributed by atoms with Crippen molar-refractivity contribution in [3.63, 3.8) is 0 Å². The van der Waals surface area contributed by atoms with Crippen LogP contribution in [0.2, 0.25) is 0 Å². The summed E-state index contributed by atoms with van der Waals surface area (Å²) in [7, 11) is 1.56. The lowest BCUT2D eigenvalue weighted by Crippen LogP contribution is -2.47. The topological polar surface area (TPSA) is 84.7 Å². The molecule has 1 rings (SSSR count). The van der Waals surface area contributed by atoms with Gasteiger partial charge >= 0.3 is 0 Å². The normalized spacial score (nSPS) is 26.4. The lowest BCUT2D eigenvalue weighted by molar-refractivity contribution is -0.136. The van der Waals surface area contributed by atoms with Crippen LogP contribution in [0.3, 0.4) is 0 Å². The number of hydrazine groups is 1. The van der Waals surface area contributed by atoms with Crippen LogP contribution < -0.4 is 11.3 Å². The Kier molecular flexibility index (Phi) is 3.43. The maximum atomic E-state index is 11.3. The predicted octanol–water partition coefficient (Wildman–Crippen LogP) is -1.39. The van der Waals surface area contributed by atoms with Gasteiger partial charge in [0.2, 0.25) is 5.91 Å². The summed E-state index contributed by atoms with van der Waals surface area (Å²) >= 11 is 0. The highest BCUT2D eigenvalue weighted by Crippen LogP contribution is 2.19. The molecule has 0 aromatic heterocycles. The third-order valence-electron chi connectivity index (χ3n) is 2.45. The van der Waals surface area contributed by atoms with Crippen molar-refractivity contribution in [3.05, 3.63) is 0 Å². The summed E-state index contributed by atoms with van der Waals surface area (Å²) in [6, 6.07) is -0.498. The van der Waals surface area contributed by atoms with Crippen LogP contribution in [0.1, 0.15) is 13.3 Å². The van der Waals surface area contributed by atoms with Crippen molar-refractivity contribution in [1.82, 2.24) is 10.3 Å². The highest BCUT2D eigenvalue weighted by molar-refractivity contribution is 5.87. The molecule has 0 saturated carbocycles. The van der Waals surface area contributed by atoms with E-state index in [-0.39, 0.29) is 17.9 Å². The molecule has 80 valence electrons. The Hall–Kier alpha value is -1.14. The van der Waals surface area contributed by atoms with Crippen LogP contribution in [0.4, 0.5) is 0 Å². The van der Waals surface area contributed by atoms with E-state index < -0.39 is 6.04 Å². The van der Waals surface area contributed by atoms with E-state index in [2.05, 4.69) is 0 Å². The Labute approximate surface area is 82.3 Å². The van der Waals surface area contributed by atoms with Crippen LogP contribution in [-0.4, -0.2) is 42.5 Å². The number of likely N-dealkylation sites (tertiary alicyclic amines) is 1. The molecule has 2 atom stereocenters. The average molecular weight is 201 g/mol. The van der Waals surface area contributed by atoms with E-state index in [1.165, 1.54) is 11.8 Å². The molecule has 0 spiro atoms. The second-order valence-electron chi connectivity index (χ2n) is 3.29. The van der Waals surface area contributed by atoms with Crippen molar-refractivity contribution < 1.29 is 14.3 Å². The number of rotatable bonds is 2. The van der Waals surface area contributed by atoms with Gasteiger partial charge in [0.25, 0.3) is 5.91 Å². The first-order valence-corrected chi connectivity index (χ1v) is 4.40. The zero-order valence-electron chi connectivity index (χ0n) is 8.32. The van der Waals surface area contributed by atoms with Gasteiger partial charge in [-0.05, 0) is 0 Å². The zero-order valence-corrected chi connectivity index (χ0v) is 8.32. The molecule has 1 aliphatic rings. The van der Waals surface area contributed by atoms with Gasteiger partial charge in [-0.2, -0.15) is 0 Å². The lowest BCUT2D eigenvalue weighted by Gasteiger charge is -2.20. The first kappa shape index (κ1) is 10.9. The Balaban J connectivity index is 2.71. The summed E-state index contributed by atoms with van der Waals surface area (Å²) in [5.41, 5.74) is 2.05. The Morgan fingerprint density at radius 1 is 1.57 bits per heavy atom. The largest absolute Gasteiger partial charge is 0.380 e. The molecule has 3 N–H and O–H groups in total. The number of ether oxygens (including phenoxy) is 1. The number of nitrogens with two attached hydrogens (primary N) is 1. The Bertz CT molecular complexity index is 244. The number of amides is 2. The van der Waals surface area contributed by atoms with Crippen molar-refractivity contribution >= 4 is 11.8 Å². The summed E-state index contributed by atoms with van der Waals surface area (Å²) in [6.07, 6.45) is 0.417. The maximum absolute atomic E-state index is 11.3. The molecule has 2 amide bonds. The summed E-state index contributed by atoms with van der Waals surface area (Å²) in [5.74, 6) is 4.53. The summed E-state index contributed by atoms with van der Waals surface area (Å²) in [4.78, 5) is 24.0. The van der Waals surface area contributed by atoms with Gasteiger partial charge in [-0.1, -0.05) is 0 Å². The van der Waals surface area contributed by atoms with E-state index in [4.69, 9.17) is 10.6 Å². The molecule has 0 aromatic rings. The van der Waals surface area contributed by atoms with Gasteiger partial charge in [0.05, 0.1) is 6.10 Å². The highest BCUT2D eigenvalue weighted by Gasteiger charge is 2.37. The van der Waals surface area contributed by atoms with E-state index in [1.54, 1.807) is 7.11 Å². The van der Waals surface area contributed by atoms with Crippen molar-refractivity contribution in [2.24, 2.45) is 5.84 Å². The van der Waals surface area contributed by atoms with E-state index in [0.29, 0.717) is 13.0 Å². The van der Waals surface area contributed by atoms with Crippen LogP contribution in [0.5, 0.6) is 0 Å². The van der Waals surface area contributed by atoms with E-state index >= 15 is 0 Å². The average Bonchev–Trinajstić information content (AvgIpc) is 2.60. The third-order valence-corrected chi connectivity index (χ3v) is 2.45. The molecular weight excluding hydrogens is 186 g/mol. The monoisotopic (exact) mass is 201 g/mol. The Morgan fingerprint density at radius 2 is 2.21 bits per heavy atom. The van der Waals surface area contributed by atoms with Crippen LogP contribution in [0.15, 0.2) is 0 Å². The minimum Gasteiger partial charge on any atom is -0.380 e. The van der Waals surface area contributed by atoms with Gasteiger partial charge in [0.1, 0.15) is 6.04 Å². The summed E-state index contributed by atoms with van der Waals surface area (Å²) < 4.78 is 5.10. The fourth-order valence-electron chi connectivity index (χ4n) is 1.66. The number of hydrogen-bond acceptors (Lipinski definition) is 4. The number of carbonyl (C=O) groups excluding carboxylic acids is 2. The van der Waals surface area contributed by atoms with Gasteiger partial charge in [-0.15, -0.1) is 0 Å². The van der Waals surface area contributed by atoms with E-state index in [0.717, 1.165) is 0 Å². The molecule has 6 heteroatoms. The molecule has 1 fully saturated rings. The molecule has 0 aliphatic carbocycles. The van der Waals surface area contributed by atoms with Gasteiger partial charge < -0.3 is 9.64 Å². The minimum atomic E-state index is -0.498. The molecule has 14 heavy (non-hydrogen) atoms. The number of carbonyl (C=O) groups is 2. The predicted molar refractivity (Wildman–Crippen MR) is 48.9 cm³/mol. The molecule has 0 unspecified atom stereocenters. The number of hydrogen-bond donors (Lipinski definition) is 2. The summed E-state index contributed by atoms with van der Waals surface area (Å²) in [6.45, 7) is 1.87. The third kappa shape index (κ3) is 2.02. The molecule has 0 radical (unpaired) electrons. The fourth-order valence-corrected chi connectivity index (χ4v) is 1.66.